The zero-order valence-electron chi connectivity index (χ0n) is 13.0. The van der Waals surface area contributed by atoms with Gasteiger partial charge in [0, 0.05) is 36.5 Å². The molecule has 1 heterocycles. The Kier molecular flexibility index (Phi) is 4.22. The van der Waals surface area contributed by atoms with E-state index in [-0.39, 0.29) is 22.4 Å². The van der Waals surface area contributed by atoms with Crippen LogP contribution in [-0.4, -0.2) is 27.8 Å². The van der Waals surface area contributed by atoms with Gasteiger partial charge in [-0.2, -0.15) is 0 Å². The molecular formula is C17H12F3NO4. The maximum atomic E-state index is 13.6. The van der Waals surface area contributed by atoms with Crippen LogP contribution in [-0.2, 0) is 13.7 Å². The molecule has 1 aliphatic carbocycles. The number of hydrogen-bond acceptors (Lipinski definition) is 4. The van der Waals surface area contributed by atoms with E-state index in [1.165, 1.54) is 17.8 Å². The van der Waals surface area contributed by atoms with Gasteiger partial charge in [-0.3, -0.25) is 9.59 Å². The number of hydrogen-bond donors (Lipinski definition) is 1. The van der Waals surface area contributed by atoms with Gasteiger partial charge in [-0.05, 0) is 6.08 Å². The molecular weight excluding hydrogens is 339 g/mol. The van der Waals surface area contributed by atoms with E-state index in [0.717, 1.165) is 6.08 Å². The number of rotatable bonds is 4. The van der Waals surface area contributed by atoms with Crippen molar-refractivity contribution in [1.29, 1.82) is 0 Å². The summed E-state index contributed by atoms with van der Waals surface area (Å²) in [4.78, 5) is 24.5. The maximum Gasteiger partial charge on any atom is 0.203 e. The van der Waals surface area contributed by atoms with Crippen molar-refractivity contribution in [3.8, 4) is 5.75 Å². The van der Waals surface area contributed by atoms with Crippen LogP contribution in [0.3, 0.4) is 0 Å². The van der Waals surface area contributed by atoms with Crippen molar-refractivity contribution in [3.05, 3.63) is 64.3 Å². The minimum Gasteiger partial charge on any atom is -0.483 e. The first-order chi connectivity index (χ1) is 11.8. The number of fused-ring (bicyclic) bond motifs is 1. The molecule has 0 spiro atoms. The number of ether oxygens (including phenoxy) is 1. The first-order valence-corrected chi connectivity index (χ1v) is 7.19. The molecule has 25 heavy (non-hydrogen) atoms. The van der Waals surface area contributed by atoms with Crippen molar-refractivity contribution in [2.24, 2.45) is 7.05 Å². The molecule has 5 nitrogen and oxygen atoms in total. The van der Waals surface area contributed by atoms with Gasteiger partial charge in [0.25, 0.3) is 0 Å². The smallest absolute Gasteiger partial charge is 0.203 e. The van der Waals surface area contributed by atoms with Crippen molar-refractivity contribution in [3.63, 3.8) is 0 Å². The molecule has 1 aromatic carbocycles. The Morgan fingerprint density at radius 2 is 1.80 bits per heavy atom. The highest BCUT2D eigenvalue weighted by atomic mass is 19.1. The number of halogens is 3. The molecule has 0 unspecified atom stereocenters. The first kappa shape index (κ1) is 17.0. The Balaban J connectivity index is 1.96. The fourth-order valence-electron chi connectivity index (χ4n) is 2.74. The SMILES string of the molecule is Cn1cc(COc2c(F)cc(F)cc2F)c2c1C(=O)C=C(CO)C2=O. The van der Waals surface area contributed by atoms with Crippen LogP contribution in [0, 0.1) is 17.5 Å². The fraction of sp³-hybridized carbons (Fsp3) is 0.176. The number of carbonyl (C=O) groups is 2. The molecule has 1 aliphatic rings. The molecule has 8 heteroatoms. The normalized spacial score (nSPS) is 13.7. The van der Waals surface area contributed by atoms with Gasteiger partial charge in [-0.1, -0.05) is 0 Å². The molecule has 130 valence electrons. The van der Waals surface area contributed by atoms with Crippen molar-refractivity contribution >= 4 is 11.6 Å². The largest absolute Gasteiger partial charge is 0.483 e. The lowest BCUT2D eigenvalue weighted by Crippen LogP contribution is -2.21. The lowest BCUT2D eigenvalue weighted by Gasteiger charge is -2.13. The summed E-state index contributed by atoms with van der Waals surface area (Å²) in [5, 5.41) is 9.20. The number of carbonyl (C=O) groups excluding carboxylic acids is 2. The second-order valence-electron chi connectivity index (χ2n) is 5.50. The van der Waals surface area contributed by atoms with E-state index in [1.54, 1.807) is 0 Å². The molecule has 1 N–H and O–H groups in total. The number of ketones is 2. The number of benzene rings is 1. The van der Waals surface area contributed by atoms with Gasteiger partial charge in [-0.25, -0.2) is 13.2 Å². The molecule has 0 atom stereocenters. The molecule has 0 radical (unpaired) electrons. The average Bonchev–Trinajstić information content (AvgIpc) is 2.87. The number of Topliss-reactive ketones (excluding diaryl/α,β-unsaturated/α-hetero) is 1. The molecule has 0 fully saturated rings. The van der Waals surface area contributed by atoms with Crippen LogP contribution in [0.15, 0.2) is 30.0 Å². The molecule has 3 rings (SSSR count). The minimum absolute atomic E-state index is 0.0157. The van der Waals surface area contributed by atoms with Crippen LogP contribution < -0.4 is 4.74 Å². The van der Waals surface area contributed by atoms with Gasteiger partial charge in [0.05, 0.1) is 12.2 Å². The van der Waals surface area contributed by atoms with Crippen LogP contribution in [0.5, 0.6) is 5.75 Å². The summed E-state index contributed by atoms with van der Waals surface area (Å²) in [6.45, 7) is -1.03. The highest BCUT2D eigenvalue weighted by molar-refractivity contribution is 6.24. The van der Waals surface area contributed by atoms with Crippen LogP contribution in [0.1, 0.15) is 26.4 Å². The van der Waals surface area contributed by atoms with Gasteiger partial charge >= 0.3 is 0 Å². The predicted molar refractivity (Wildman–Crippen MR) is 79.9 cm³/mol. The quantitative estimate of drug-likeness (QED) is 0.918. The monoisotopic (exact) mass is 351 g/mol. The Morgan fingerprint density at radius 1 is 1.16 bits per heavy atom. The van der Waals surface area contributed by atoms with Crippen molar-refractivity contribution in [2.45, 2.75) is 6.61 Å². The molecule has 1 aromatic heterocycles. The fourth-order valence-corrected chi connectivity index (χ4v) is 2.74. The highest BCUT2D eigenvalue weighted by Crippen LogP contribution is 2.29. The van der Waals surface area contributed by atoms with Gasteiger partial charge in [0.15, 0.2) is 23.2 Å². The summed E-state index contributed by atoms with van der Waals surface area (Å²) < 4.78 is 46.7. The Labute approximate surface area is 139 Å². The summed E-state index contributed by atoms with van der Waals surface area (Å²) in [6.07, 6.45) is 2.47. The number of nitrogens with zero attached hydrogens (tertiary/aromatic N) is 1. The van der Waals surface area contributed by atoms with E-state index in [9.17, 15) is 27.9 Å². The summed E-state index contributed by atoms with van der Waals surface area (Å²) in [5.41, 5.74) is 0.255. The van der Waals surface area contributed by atoms with Gasteiger partial charge in [0.2, 0.25) is 5.78 Å². The third-order valence-corrected chi connectivity index (χ3v) is 3.82. The van der Waals surface area contributed by atoms with E-state index in [0.29, 0.717) is 12.1 Å². The van der Waals surface area contributed by atoms with Crippen LogP contribution in [0.2, 0.25) is 0 Å². The lowest BCUT2D eigenvalue weighted by molar-refractivity contribution is 0.0967. The van der Waals surface area contributed by atoms with Crippen molar-refractivity contribution in [2.75, 3.05) is 6.61 Å². The highest BCUT2D eigenvalue weighted by Gasteiger charge is 2.31. The van der Waals surface area contributed by atoms with E-state index in [4.69, 9.17) is 4.74 Å². The summed E-state index contributed by atoms with van der Waals surface area (Å²) >= 11 is 0. The number of allylic oxidation sites excluding steroid dienone is 1. The summed E-state index contributed by atoms with van der Waals surface area (Å²) in [7, 11) is 1.53. The van der Waals surface area contributed by atoms with Crippen LogP contribution in [0.4, 0.5) is 13.2 Å². The number of aryl methyl sites for hydroxylation is 1. The molecule has 0 saturated heterocycles. The molecule has 2 aromatic rings. The summed E-state index contributed by atoms with van der Waals surface area (Å²) in [6, 6.07) is 0.945. The van der Waals surface area contributed by atoms with Gasteiger partial charge in [0.1, 0.15) is 18.1 Å². The average molecular weight is 351 g/mol. The van der Waals surface area contributed by atoms with E-state index >= 15 is 0 Å². The standard InChI is InChI=1S/C17H12F3NO4/c1-21-5-9(7-25-17-11(19)3-10(18)4-12(17)20)14-15(21)13(23)2-8(6-22)16(14)24/h2-5,22H,6-7H2,1H3. The van der Waals surface area contributed by atoms with Gasteiger partial charge < -0.3 is 14.4 Å². The second-order valence-corrected chi connectivity index (χ2v) is 5.50. The Bertz CT molecular complexity index is 907. The Hall–Kier alpha value is -2.87. The third-order valence-electron chi connectivity index (χ3n) is 3.82. The zero-order chi connectivity index (χ0) is 18.3. The Morgan fingerprint density at radius 3 is 2.40 bits per heavy atom. The molecule has 0 amide bonds. The van der Waals surface area contributed by atoms with Gasteiger partial charge in [-0.15, -0.1) is 0 Å². The topological polar surface area (TPSA) is 68.5 Å². The first-order valence-electron chi connectivity index (χ1n) is 7.19. The van der Waals surface area contributed by atoms with Crippen LogP contribution in [0.25, 0.3) is 0 Å². The predicted octanol–water partition coefficient (Wildman–Crippen LogP) is 2.32. The van der Waals surface area contributed by atoms with E-state index < -0.39 is 48.0 Å². The number of aromatic nitrogens is 1. The molecule has 0 aliphatic heterocycles. The molecule has 0 saturated carbocycles. The van der Waals surface area contributed by atoms with Crippen LogP contribution >= 0.6 is 0 Å². The van der Waals surface area contributed by atoms with E-state index in [1.807, 2.05) is 0 Å². The third kappa shape index (κ3) is 2.85. The second kappa shape index (κ2) is 6.21. The number of aliphatic hydroxyl groups is 1. The molecule has 0 bridgehead atoms. The zero-order valence-corrected chi connectivity index (χ0v) is 13.0. The lowest BCUT2D eigenvalue weighted by atomic mass is 9.92. The van der Waals surface area contributed by atoms with Crippen molar-refractivity contribution in [1.82, 2.24) is 4.57 Å². The minimum atomic E-state index is -1.22. The summed E-state index contributed by atoms with van der Waals surface area (Å²) in [5.74, 6) is -5.34. The number of aliphatic hydroxyl groups excluding tert-OH is 1. The van der Waals surface area contributed by atoms with Crippen molar-refractivity contribution < 1.29 is 32.6 Å². The maximum absolute atomic E-state index is 13.6. The van der Waals surface area contributed by atoms with E-state index in [2.05, 4.69) is 0 Å².